The Kier molecular flexibility index (Phi) is 9.03. The summed E-state index contributed by atoms with van der Waals surface area (Å²) in [6, 6.07) is 6.91. The maximum Gasteiger partial charge on any atom is 0.311 e. The SMILES string of the molecule is CCCCCCCCCC(C(=O)O)c1ccccc1OC(C)=O. The van der Waals surface area contributed by atoms with Crippen molar-refractivity contribution in [3.63, 3.8) is 0 Å². The van der Waals surface area contributed by atoms with Crippen LogP contribution in [-0.2, 0) is 9.59 Å². The normalized spacial score (nSPS) is 11.9. The highest BCUT2D eigenvalue weighted by molar-refractivity contribution is 5.78. The Hall–Kier alpha value is -1.84. The second-order valence-corrected chi connectivity index (χ2v) is 5.93. The molecule has 1 rings (SSSR count). The van der Waals surface area contributed by atoms with E-state index in [-0.39, 0.29) is 0 Å². The van der Waals surface area contributed by atoms with Crippen molar-refractivity contribution in [2.24, 2.45) is 0 Å². The number of esters is 1. The van der Waals surface area contributed by atoms with Crippen molar-refractivity contribution in [2.45, 2.75) is 71.1 Å². The van der Waals surface area contributed by atoms with Gasteiger partial charge in [0.2, 0.25) is 0 Å². The molecule has 0 saturated carbocycles. The number of unbranched alkanes of at least 4 members (excludes halogenated alkanes) is 6. The molecule has 1 unspecified atom stereocenters. The first-order valence-corrected chi connectivity index (χ1v) is 8.56. The Balaban J connectivity index is 2.58. The molecule has 0 spiro atoms. The maximum absolute atomic E-state index is 11.6. The molecule has 0 aliphatic carbocycles. The second-order valence-electron chi connectivity index (χ2n) is 5.93. The van der Waals surface area contributed by atoms with Gasteiger partial charge in [0.1, 0.15) is 5.75 Å². The van der Waals surface area contributed by atoms with Gasteiger partial charge in [-0.1, -0.05) is 70.1 Å². The van der Waals surface area contributed by atoms with Crippen molar-refractivity contribution >= 4 is 11.9 Å². The zero-order chi connectivity index (χ0) is 17.1. The third-order valence-corrected chi connectivity index (χ3v) is 3.94. The fraction of sp³-hybridized carbons (Fsp3) is 0.579. The number of carboxylic acid groups (broad SMARTS) is 1. The van der Waals surface area contributed by atoms with Crippen LogP contribution in [-0.4, -0.2) is 17.0 Å². The summed E-state index contributed by atoms with van der Waals surface area (Å²) in [5, 5.41) is 9.52. The molecule has 0 aliphatic rings. The molecule has 1 atom stereocenters. The summed E-state index contributed by atoms with van der Waals surface area (Å²) < 4.78 is 5.15. The van der Waals surface area contributed by atoms with E-state index in [1.165, 1.54) is 32.6 Å². The first kappa shape index (κ1) is 19.2. The standard InChI is InChI=1S/C19H28O4/c1-3-4-5-6-7-8-9-13-17(19(21)22)16-12-10-11-14-18(16)23-15(2)20/h10-12,14,17H,3-9,13H2,1-2H3,(H,21,22). The largest absolute Gasteiger partial charge is 0.481 e. The molecule has 0 amide bonds. The van der Waals surface area contributed by atoms with Gasteiger partial charge in [-0.3, -0.25) is 9.59 Å². The lowest BCUT2D eigenvalue weighted by molar-refractivity contribution is -0.139. The van der Waals surface area contributed by atoms with Crippen molar-refractivity contribution in [2.75, 3.05) is 0 Å². The molecule has 0 fully saturated rings. The lowest BCUT2D eigenvalue weighted by atomic mass is 9.92. The number of hydrogen-bond donors (Lipinski definition) is 1. The highest BCUT2D eigenvalue weighted by Crippen LogP contribution is 2.31. The monoisotopic (exact) mass is 320 g/mol. The summed E-state index contributed by atoms with van der Waals surface area (Å²) in [6.07, 6.45) is 8.62. The van der Waals surface area contributed by atoms with Crippen LogP contribution in [0.4, 0.5) is 0 Å². The minimum absolute atomic E-state index is 0.357. The molecular weight excluding hydrogens is 292 g/mol. The number of aliphatic carboxylic acids is 1. The van der Waals surface area contributed by atoms with Crippen molar-refractivity contribution in [1.29, 1.82) is 0 Å². The van der Waals surface area contributed by atoms with Crippen LogP contribution >= 0.6 is 0 Å². The number of benzene rings is 1. The zero-order valence-corrected chi connectivity index (χ0v) is 14.2. The van der Waals surface area contributed by atoms with Crippen LogP contribution in [0.25, 0.3) is 0 Å². The van der Waals surface area contributed by atoms with Gasteiger partial charge >= 0.3 is 11.9 Å². The van der Waals surface area contributed by atoms with Crippen LogP contribution in [0, 0.1) is 0 Å². The Morgan fingerprint density at radius 1 is 1.04 bits per heavy atom. The Bertz CT molecular complexity index is 496. The molecule has 4 nitrogen and oxygen atoms in total. The summed E-state index contributed by atoms with van der Waals surface area (Å²) in [5.74, 6) is -1.57. The average molecular weight is 320 g/mol. The van der Waals surface area contributed by atoms with Crippen LogP contribution in [0.15, 0.2) is 24.3 Å². The third-order valence-electron chi connectivity index (χ3n) is 3.94. The van der Waals surface area contributed by atoms with E-state index in [1.54, 1.807) is 24.3 Å². The van der Waals surface area contributed by atoms with Gasteiger partial charge in [0.05, 0.1) is 5.92 Å². The Morgan fingerprint density at radius 3 is 2.26 bits per heavy atom. The molecular formula is C19H28O4. The lowest BCUT2D eigenvalue weighted by Gasteiger charge is -2.16. The molecule has 0 heterocycles. The number of para-hydroxylation sites is 1. The van der Waals surface area contributed by atoms with Crippen LogP contribution < -0.4 is 4.74 Å². The maximum atomic E-state index is 11.6. The van der Waals surface area contributed by atoms with E-state index in [2.05, 4.69) is 6.92 Å². The molecule has 1 N–H and O–H groups in total. The number of carbonyl (C=O) groups excluding carboxylic acids is 1. The first-order chi connectivity index (χ1) is 11.1. The molecule has 0 aliphatic heterocycles. The number of carbonyl (C=O) groups is 2. The number of carboxylic acids is 1. The minimum atomic E-state index is -0.865. The van der Waals surface area contributed by atoms with E-state index in [4.69, 9.17) is 4.74 Å². The Morgan fingerprint density at radius 2 is 1.65 bits per heavy atom. The van der Waals surface area contributed by atoms with E-state index in [1.807, 2.05) is 0 Å². The van der Waals surface area contributed by atoms with Gasteiger partial charge < -0.3 is 9.84 Å². The molecule has 1 aromatic carbocycles. The Labute approximate surface area is 138 Å². The topological polar surface area (TPSA) is 63.6 Å². The molecule has 0 saturated heterocycles. The number of rotatable bonds is 11. The molecule has 23 heavy (non-hydrogen) atoms. The van der Waals surface area contributed by atoms with Crippen molar-refractivity contribution in [1.82, 2.24) is 0 Å². The van der Waals surface area contributed by atoms with Crippen molar-refractivity contribution < 1.29 is 19.4 Å². The minimum Gasteiger partial charge on any atom is -0.481 e. The fourth-order valence-electron chi connectivity index (χ4n) is 2.73. The lowest BCUT2D eigenvalue weighted by Crippen LogP contribution is -2.14. The van der Waals surface area contributed by atoms with E-state index in [0.717, 1.165) is 19.3 Å². The first-order valence-electron chi connectivity index (χ1n) is 8.56. The summed E-state index contributed by atoms with van der Waals surface area (Å²) in [5.41, 5.74) is 0.584. The van der Waals surface area contributed by atoms with E-state index < -0.39 is 17.9 Å². The molecule has 1 aromatic rings. The molecule has 4 heteroatoms. The smallest absolute Gasteiger partial charge is 0.311 e. The highest BCUT2D eigenvalue weighted by atomic mass is 16.5. The van der Waals surface area contributed by atoms with Gasteiger partial charge in [0, 0.05) is 12.5 Å². The van der Waals surface area contributed by atoms with E-state index in [9.17, 15) is 14.7 Å². The van der Waals surface area contributed by atoms with Gasteiger partial charge in [-0.2, -0.15) is 0 Å². The van der Waals surface area contributed by atoms with E-state index >= 15 is 0 Å². The average Bonchev–Trinajstić information content (AvgIpc) is 2.50. The number of hydrogen-bond acceptors (Lipinski definition) is 3. The molecule has 128 valence electrons. The molecule has 0 radical (unpaired) electrons. The van der Waals surface area contributed by atoms with Gasteiger partial charge in [-0.15, -0.1) is 0 Å². The molecule has 0 aromatic heterocycles. The van der Waals surface area contributed by atoms with Gasteiger partial charge in [-0.05, 0) is 12.5 Å². The number of ether oxygens (including phenoxy) is 1. The van der Waals surface area contributed by atoms with Crippen LogP contribution in [0.3, 0.4) is 0 Å². The summed E-state index contributed by atoms with van der Waals surface area (Å²) in [4.78, 5) is 22.8. The van der Waals surface area contributed by atoms with Crippen LogP contribution in [0.2, 0.25) is 0 Å². The van der Waals surface area contributed by atoms with Crippen molar-refractivity contribution in [3.8, 4) is 5.75 Å². The highest BCUT2D eigenvalue weighted by Gasteiger charge is 2.23. The van der Waals surface area contributed by atoms with E-state index in [0.29, 0.717) is 17.7 Å². The van der Waals surface area contributed by atoms with Gasteiger partial charge in [-0.25, -0.2) is 0 Å². The predicted molar refractivity (Wildman–Crippen MR) is 90.7 cm³/mol. The molecule has 0 bridgehead atoms. The summed E-state index contributed by atoms with van der Waals surface area (Å²) in [7, 11) is 0. The van der Waals surface area contributed by atoms with Gasteiger partial charge in [0.15, 0.2) is 0 Å². The zero-order valence-electron chi connectivity index (χ0n) is 14.2. The van der Waals surface area contributed by atoms with Crippen LogP contribution in [0.5, 0.6) is 5.75 Å². The predicted octanol–water partition coefficient (Wildman–Crippen LogP) is 4.92. The van der Waals surface area contributed by atoms with Gasteiger partial charge in [0.25, 0.3) is 0 Å². The van der Waals surface area contributed by atoms with Crippen LogP contribution in [0.1, 0.15) is 76.7 Å². The fourth-order valence-corrected chi connectivity index (χ4v) is 2.73. The third kappa shape index (κ3) is 7.31. The quantitative estimate of drug-likeness (QED) is 0.357. The summed E-state index contributed by atoms with van der Waals surface area (Å²) >= 11 is 0. The second kappa shape index (κ2) is 10.8. The van der Waals surface area contributed by atoms with Crippen molar-refractivity contribution in [3.05, 3.63) is 29.8 Å². The summed E-state index contributed by atoms with van der Waals surface area (Å²) in [6.45, 7) is 3.51.